The summed E-state index contributed by atoms with van der Waals surface area (Å²) in [6.07, 6.45) is -0.643. The lowest BCUT2D eigenvalue weighted by Crippen LogP contribution is -2.17. The number of pyridine rings is 1. The molecule has 0 amide bonds. The molecule has 24 heavy (non-hydrogen) atoms. The van der Waals surface area contributed by atoms with E-state index in [2.05, 4.69) is 9.72 Å². The second-order valence-corrected chi connectivity index (χ2v) is 5.06. The smallest absolute Gasteiger partial charge is 0.406 e. The molecule has 126 valence electrons. The lowest BCUT2D eigenvalue weighted by Gasteiger charge is -2.19. The molecule has 0 aliphatic rings. The molecule has 0 aliphatic carbocycles. The zero-order chi connectivity index (χ0) is 17.7. The molecule has 2 rings (SSSR count). The van der Waals surface area contributed by atoms with Gasteiger partial charge in [0.05, 0.1) is 0 Å². The average Bonchev–Trinajstić information content (AvgIpc) is 2.54. The lowest BCUT2D eigenvalue weighted by molar-refractivity contribution is -0.274. The largest absolute Gasteiger partial charge is 0.573 e. The minimum Gasteiger partial charge on any atom is -0.406 e. The normalized spacial score (nSPS) is 12.0. The predicted octanol–water partition coefficient (Wildman–Crippen LogP) is 4.35. The van der Waals surface area contributed by atoms with Crippen molar-refractivity contribution in [3.05, 3.63) is 53.7 Å². The summed E-state index contributed by atoms with van der Waals surface area (Å²) in [5.41, 5.74) is 2.02. The van der Waals surface area contributed by atoms with Gasteiger partial charge in [-0.05, 0) is 60.5 Å². The number of aromatic nitrogens is 1. The van der Waals surface area contributed by atoms with Crippen molar-refractivity contribution in [3.8, 4) is 5.75 Å². The highest BCUT2D eigenvalue weighted by Crippen LogP contribution is 2.27. The van der Waals surface area contributed by atoms with E-state index in [-0.39, 0.29) is 5.75 Å². The van der Waals surface area contributed by atoms with Crippen LogP contribution in [0.3, 0.4) is 0 Å². The summed E-state index contributed by atoms with van der Waals surface area (Å²) < 4.78 is 40.3. The van der Waals surface area contributed by atoms with Gasteiger partial charge in [0.1, 0.15) is 17.9 Å². The van der Waals surface area contributed by atoms with Gasteiger partial charge in [0.2, 0.25) is 0 Å². The number of hydrogen-bond donors (Lipinski definition) is 0. The molecule has 1 aromatic carbocycles. The number of nitrogens with zero attached hydrogens (tertiary/aromatic N) is 2. The van der Waals surface area contributed by atoms with Crippen molar-refractivity contribution < 1.29 is 22.7 Å². The van der Waals surface area contributed by atoms with Gasteiger partial charge in [-0.15, -0.1) is 13.2 Å². The van der Waals surface area contributed by atoms with Gasteiger partial charge < -0.3 is 9.64 Å². The number of halogens is 3. The van der Waals surface area contributed by atoms with E-state index in [9.17, 15) is 18.0 Å². The molecule has 0 N–H and O–H groups in total. The molecule has 1 aromatic heterocycles. The highest BCUT2D eigenvalue weighted by Gasteiger charge is 2.31. The van der Waals surface area contributed by atoms with Gasteiger partial charge in [0.15, 0.2) is 0 Å². The van der Waals surface area contributed by atoms with Gasteiger partial charge >= 0.3 is 6.36 Å². The van der Waals surface area contributed by atoms with E-state index >= 15 is 0 Å². The number of aldehydes is 1. The topological polar surface area (TPSA) is 42.4 Å². The van der Waals surface area contributed by atoms with Crippen LogP contribution >= 0.6 is 0 Å². The van der Waals surface area contributed by atoms with E-state index in [0.717, 1.165) is 11.8 Å². The minimum absolute atomic E-state index is 0.280. The first-order valence-corrected chi connectivity index (χ1v) is 6.97. The van der Waals surface area contributed by atoms with Crippen molar-refractivity contribution in [1.29, 1.82) is 0 Å². The van der Waals surface area contributed by atoms with E-state index in [1.54, 1.807) is 43.3 Å². The number of carbonyl (C=O) groups excluding carboxylic acids is 1. The maximum absolute atomic E-state index is 12.2. The van der Waals surface area contributed by atoms with Crippen LogP contribution in [0.25, 0.3) is 6.08 Å². The zero-order valence-electron chi connectivity index (χ0n) is 13.0. The van der Waals surface area contributed by atoms with Crippen LogP contribution in [0, 0.1) is 0 Å². The third kappa shape index (κ3) is 4.84. The highest BCUT2D eigenvalue weighted by molar-refractivity contribution is 5.80. The van der Waals surface area contributed by atoms with Crippen LogP contribution < -0.4 is 9.64 Å². The number of anilines is 2. The summed E-state index contributed by atoms with van der Waals surface area (Å²) in [7, 11) is 1.74. The molecule has 0 atom stereocenters. The monoisotopic (exact) mass is 336 g/mol. The van der Waals surface area contributed by atoms with Crippen molar-refractivity contribution in [2.45, 2.75) is 13.3 Å². The van der Waals surface area contributed by atoms with Gasteiger partial charge in [-0.1, -0.05) is 0 Å². The Morgan fingerprint density at radius 1 is 1.17 bits per heavy atom. The Hall–Kier alpha value is -2.83. The van der Waals surface area contributed by atoms with E-state index < -0.39 is 6.36 Å². The highest BCUT2D eigenvalue weighted by atomic mass is 19.4. The Bertz CT molecular complexity index is 723. The van der Waals surface area contributed by atoms with Gasteiger partial charge in [-0.2, -0.15) is 0 Å². The third-order valence-electron chi connectivity index (χ3n) is 3.15. The summed E-state index contributed by atoms with van der Waals surface area (Å²) in [6, 6.07) is 9.05. The average molecular weight is 336 g/mol. The molecule has 0 unspecified atom stereocenters. The third-order valence-corrected chi connectivity index (χ3v) is 3.15. The fourth-order valence-corrected chi connectivity index (χ4v) is 1.98. The molecule has 0 radical (unpaired) electrons. The quantitative estimate of drug-likeness (QED) is 0.601. The Balaban J connectivity index is 2.13. The number of hydrogen-bond acceptors (Lipinski definition) is 4. The van der Waals surface area contributed by atoms with E-state index in [1.165, 1.54) is 24.3 Å². The van der Waals surface area contributed by atoms with Crippen LogP contribution in [0.1, 0.15) is 12.5 Å². The predicted molar refractivity (Wildman–Crippen MR) is 85.1 cm³/mol. The molecule has 0 aliphatic heterocycles. The molecule has 0 spiro atoms. The molecule has 4 nitrogen and oxygen atoms in total. The Labute approximate surface area is 137 Å². The molecule has 1 heterocycles. The first kappa shape index (κ1) is 17.5. The number of ether oxygens (including phenoxy) is 1. The number of benzene rings is 1. The molecular weight excluding hydrogens is 321 g/mol. The van der Waals surface area contributed by atoms with E-state index in [4.69, 9.17) is 0 Å². The number of carbonyl (C=O) groups is 1. The zero-order valence-corrected chi connectivity index (χ0v) is 13.0. The van der Waals surface area contributed by atoms with Crippen LogP contribution in [0.5, 0.6) is 5.75 Å². The van der Waals surface area contributed by atoms with E-state index in [0.29, 0.717) is 17.1 Å². The van der Waals surface area contributed by atoms with E-state index in [1.807, 2.05) is 0 Å². The summed E-state index contributed by atoms with van der Waals surface area (Å²) in [5.74, 6) is 0.331. The maximum Gasteiger partial charge on any atom is 0.573 e. The van der Waals surface area contributed by atoms with Gasteiger partial charge in [-0.25, -0.2) is 4.98 Å². The Morgan fingerprint density at radius 2 is 1.83 bits per heavy atom. The lowest BCUT2D eigenvalue weighted by atomic mass is 10.2. The summed E-state index contributed by atoms with van der Waals surface area (Å²) >= 11 is 0. The Kier molecular flexibility index (Phi) is 5.23. The van der Waals surface area contributed by atoms with Crippen molar-refractivity contribution in [1.82, 2.24) is 4.98 Å². The standard InChI is InChI=1S/C17H15F3N2O2/c1-12(11-23)9-13-3-8-16(21-10-13)22(2)14-4-6-15(7-5-14)24-17(18,19)20/h3-11H,1-2H3/b12-9+. The molecular formula is C17H15F3N2O2. The van der Waals surface area contributed by atoms with Crippen molar-refractivity contribution in [2.75, 3.05) is 11.9 Å². The van der Waals surface area contributed by atoms with Crippen molar-refractivity contribution in [2.24, 2.45) is 0 Å². The van der Waals surface area contributed by atoms with Crippen molar-refractivity contribution in [3.63, 3.8) is 0 Å². The Morgan fingerprint density at radius 3 is 2.33 bits per heavy atom. The summed E-state index contributed by atoms with van der Waals surface area (Å²) in [6.45, 7) is 1.69. The maximum atomic E-state index is 12.2. The van der Waals surface area contributed by atoms with Crippen LogP contribution in [0.4, 0.5) is 24.7 Å². The molecule has 0 bridgehead atoms. The molecule has 7 heteroatoms. The minimum atomic E-state index is -4.71. The molecule has 0 fully saturated rings. The number of rotatable bonds is 5. The SMILES string of the molecule is C/C(C=O)=C\c1ccc(N(C)c2ccc(OC(F)(F)F)cc2)nc1. The van der Waals surface area contributed by atoms with Gasteiger partial charge in [-0.3, -0.25) is 4.79 Å². The fraction of sp³-hybridized carbons (Fsp3) is 0.176. The van der Waals surface area contributed by atoms with Crippen LogP contribution in [0.15, 0.2) is 48.2 Å². The first-order chi connectivity index (χ1) is 11.3. The van der Waals surface area contributed by atoms with Crippen LogP contribution in [0.2, 0.25) is 0 Å². The second-order valence-electron chi connectivity index (χ2n) is 5.06. The second kappa shape index (κ2) is 7.16. The fourth-order valence-electron chi connectivity index (χ4n) is 1.98. The first-order valence-electron chi connectivity index (χ1n) is 6.97. The molecule has 2 aromatic rings. The molecule has 0 saturated carbocycles. The van der Waals surface area contributed by atoms with Crippen molar-refractivity contribution >= 4 is 23.9 Å². The van der Waals surface area contributed by atoms with Crippen LogP contribution in [-0.2, 0) is 4.79 Å². The number of alkyl halides is 3. The van der Waals surface area contributed by atoms with Gasteiger partial charge in [0, 0.05) is 18.9 Å². The van der Waals surface area contributed by atoms with Gasteiger partial charge in [0.25, 0.3) is 0 Å². The summed E-state index contributed by atoms with van der Waals surface area (Å²) in [4.78, 5) is 16.6. The number of allylic oxidation sites excluding steroid dienone is 1. The summed E-state index contributed by atoms with van der Waals surface area (Å²) in [5, 5.41) is 0. The molecule has 0 saturated heterocycles. The van der Waals surface area contributed by atoms with Crippen LogP contribution in [-0.4, -0.2) is 24.7 Å².